The number of amides is 1. The SMILES string of the molecule is CC(=O)c1c(C)[nH]c(C(=O)NCc2ccnc(N3CCCC3)c2)c1C. The molecule has 0 radical (unpaired) electrons. The summed E-state index contributed by atoms with van der Waals surface area (Å²) in [6, 6.07) is 3.94. The van der Waals surface area contributed by atoms with Crippen LogP contribution in [0.1, 0.15) is 57.4 Å². The van der Waals surface area contributed by atoms with Crippen molar-refractivity contribution in [2.45, 2.75) is 40.2 Å². The first-order chi connectivity index (χ1) is 12.0. The minimum atomic E-state index is -0.201. The van der Waals surface area contributed by atoms with E-state index < -0.39 is 0 Å². The fraction of sp³-hybridized carbons (Fsp3) is 0.421. The van der Waals surface area contributed by atoms with Crippen LogP contribution in [0.25, 0.3) is 0 Å². The topological polar surface area (TPSA) is 78.1 Å². The Morgan fingerprint density at radius 1 is 1.28 bits per heavy atom. The van der Waals surface area contributed by atoms with Gasteiger partial charge in [0, 0.05) is 37.1 Å². The van der Waals surface area contributed by atoms with Gasteiger partial charge >= 0.3 is 0 Å². The van der Waals surface area contributed by atoms with Crippen molar-refractivity contribution in [2.24, 2.45) is 0 Å². The Labute approximate surface area is 147 Å². The quantitative estimate of drug-likeness (QED) is 0.821. The van der Waals surface area contributed by atoms with Crippen molar-refractivity contribution in [1.29, 1.82) is 0 Å². The van der Waals surface area contributed by atoms with Gasteiger partial charge in [-0.05, 0) is 56.9 Å². The molecule has 2 aromatic heterocycles. The van der Waals surface area contributed by atoms with Crippen LogP contribution in [0.5, 0.6) is 0 Å². The molecule has 0 aromatic carbocycles. The molecule has 25 heavy (non-hydrogen) atoms. The van der Waals surface area contributed by atoms with Gasteiger partial charge in [0.05, 0.1) is 0 Å². The van der Waals surface area contributed by atoms with E-state index in [1.54, 1.807) is 13.1 Å². The van der Waals surface area contributed by atoms with Gasteiger partial charge in [-0.3, -0.25) is 9.59 Å². The second kappa shape index (κ2) is 7.09. The Bertz CT molecular complexity index is 804. The number of ketones is 1. The van der Waals surface area contributed by atoms with Gasteiger partial charge in [0.2, 0.25) is 0 Å². The van der Waals surface area contributed by atoms with Crippen LogP contribution in [0.4, 0.5) is 5.82 Å². The molecule has 6 heteroatoms. The average molecular weight is 340 g/mol. The number of nitrogens with zero attached hydrogens (tertiary/aromatic N) is 2. The lowest BCUT2D eigenvalue weighted by Crippen LogP contribution is -2.24. The number of carbonyl (C=O) groups excluding carboxylic acids is 2. The number of aromatic nitrogens is 2. The number of Topliss-reactive ketones (excluding diaryl/α,β-unsaturated/α-hetero) is 1. The van der Waals surface area contributed by atoms with E-state index in [0.717, 1.165) is 30.2 Å². The molecule has 2 N–H and O–H groups in total. The van der Waals surface area contributed by atoms with Gasteiger partial charge in [-0.1, -0.05) is 0 Å². The maximum absolute atomic E-state index is 12.5. The van der Waals surface area contributed by atoms with Crippen LogP contribution in [-0.2, 0) is 6.54 Å². The summed E-state index contributed by atoms with van der Waals surface area (Å²) in [6.07, 6.45) is 4.19. The van der Waals surface area contributed by atoms with Crippen molar-refractivity contribution >= 4 is 17.5 Å². The fourth-order valence-corrected chi connectivity index (χ4v) is 3.47. The van der Waals surface area contributed by atoms with Gasteiger partial charge in [-0.2, -0.15) is 0 Å². The molecule has 2 aromatic rings. The van der Waals surface area contributed by atoms with E-state index in [-0.39, 0.29) is 11.7 Å². The van der Waals surface area contributed by atoms with Gasteiger partial charge < -0.3 is 15.2 Å². The second-order valence-electron chi connectivity index (χ2n) is 6.58. The molecule has 1 saturated heterocycles. The highest BCUT2D eigenvalue weighted by atomic mass is 16.2. The van der Waals surface area contributed by atoms with Crippen LogP contribution in [-0.4, -0.2) is 34.7 Å². The summed E-state index contributed by atoms with van der Waals surface area (Å²) in [7, 11) is 0. The third-order valence-electron chi connectivity index (χ3n) is 4.71. The van der Waals surface area contributed by atoms with Crippen molar-refractivity contribution in [3.8, 4) is 0 Å². The first-order valence-corrected chi connectivity index (χ1v) is 8.65. The van der Waals surface area contributed by atoms with Crippen LogP contribution in [0.3, 0.4) is 0 Å². The van der Waals surface area contributed by atoms with Crippen molar-refractivity contribution < 1.29 is 9.59 Å². The smallest absolute Gasteiger partial charge is 0.268 e. The van der Waals surface area contributed by atoms with E-state index >= 15 is 0 Å². The Balaban J connectivity index is 1.69. The van der Waals surface area contributed by atoms with Crippen molar-refractivity contribution in [2.75, 3.05) is 18.0 Å². The molecule has 6 nitrogen and oxygen atoms in total. The van der Waals surface area contributed by atoms with E-state index in [4.69, 9.17) is 0 Å². The van der Waals surface area contributed by atoms with E-state index in [0.29, 0.717) is 23.4 Å². The molecule has 3 heterocycles. The first-order valence-electron chi connectivity index (χ1n) is 8.65. The molecule has 0 spiro atoms. The lowest BCUT2D eigenvalue weighted by Gasteiger charge is -2.17. The number of hydrogen-bond acceptors (Lipinski definition) is 4. The number of aromatic amines is 1. The molecule has 0 unspecified atom stereocenters. The molecule has 1 aliphatic rings. The molecule has 1 aliphatic heterocycles. The third-order valence-corrected chi connectivity index (χ3v) is 4.71. The number of pyridine rings is 1. The van der Waals surface area contributed by atoms with E-state index in [1.807, 2.05) is 19.1 Å². The Hall–Kier alpha value is -2.63. The molecule has 0 aliphatic carbocycles. The fourth-order valence-electron chi connectivity index (χ4n) is 3.47. The molecule has 132 valence electrons. The first kappa shape index (κ1) is 17.2. The zero-order valence-electron chi connectivity index (χ0n) is 15.0. The van der Waals surface area contributed by atoms with Crippen LogP contribution in [0.15, 0.2) is 18.3 Å². The largest absolute Gasteiger partial charge is 0.357 e. The Morgan fingerprint density at radius 3 is 2.64 bits per heavy atom. The van der Waals surface area contributed by atoms with E-state index in [9.17, 15) is 9.59 Å². The summed E-state index contributed by atoms with van der Waals surface area (Å²) >= 11 is 0. The molecule has 3 rings (SSSR count). The summed E-state index contributed by atoms with van der Waals surface area (Å²) in [5.74, 6) is 0.734. The van der Waals surface area contributed by atoms with Crippen molar-refractivity contribution in [1.82, 2.24) is 15.3 Å². The zero-order valence-corrected chi connectivity index (χ0v) is 15.0. The Kier molecular flexibility index (Phi) is 4.88. The molecule has 1 amide bonds. The van der Waals surface area contributed by atoms with E-state index in [2.05, 4.69) is 20.2 Å². The molecular weight excluding hydrogens is 316 g/mol. The maximum atomic E-state index is 12.5. The monoisotopic (exact) mass is 340 g/mol. The van der Waals surface area contributed by atoms with Crippen molar-refractivity contribution in [3.05, 3.63) is 46.4 Å². The summed E-state index contributed by atoms with van der Waals surface area (Å²) < 4.78 is 0. The molecule has 1 fully saturated rings. The number of nitrogens with one attached hydrogen (secondary N) is 2. The van der Waals surface area contributed by atoms with Crippen LogP contribution >= 0.6 is 0 Å². The molecule has 0 bridgehead atoms. The van der Waals surface area contributed by atoms with Crippen molar-refractivity contribution in [3.63, 3.8) is 0 Å². The number of anilines is 1. The van der Waals surface area contributed by atoms with Gasteiger partial charge in [0.25, 0.3) is 5.91 Å². The van der Waals surface area contributed by atoms with Gasteiger partial charge in [0.15, 0.2) is 5.78 Å². The normalized spacial score (nSPS) is 14.0. The minimum Gasteiger partial charge on any atom is -0.357 e. The summed E-state index contributed by atoms with van der Waals surface area (Å²) in [4.78, 5) is 33.9. The van der Waals surface area contributed by atoms with Gasteiger partial charge in [-0.15, -0.1) is 0 Å². The van der Waals surface area contributed by atoms with Crippen LogP contribution < -0.4 is 10.2 Å². The standard InChI is InChI=1S/C19H24N4O2/c1-12-17(14(3)24)13(2)22-18(12)19(25)21-11-15-6-7-20-16(10-15)23-8-4-5-9-23/h6-7,10,22H,4-5,8-9,11H2,1-3H3,(H,21,25). The highest BCUT2D eigenvalue weighted by Crippen LogP contribution is 2.20. The number of H-pyrrole nitrogens is 1. The number of rotatable bonds is 5. The minimum absolute atomic E-state index is 0.0327. The molecular formula is C19H24N4O2. The highest BCUT2D eigenvalue weighted by molar-refractivity contribution is 6.02. The lowest BCUT2D eigenvalue weighted by atomic mass is 10.1. The number of aryl methyl sites for hydroxylation is 1. The summed E-state index contributed by atoms with van der Waals surface area (Å²) in [5, 5.41) is 2.93. The number of carbonyl (C=O) groups is 2. The third kappa shape index (κ3) is 3.57. The van der Waals surface area contributed by atoms with Crippen LogP contribution in [0, 0.1) is 13.8 Å². The lowest BCUT2D eigenvalue weighted by molar-refractivity contribution is 0.0945. The Morgan fingerprint density at radius 2 is 2.00 bits per heavy atom. The second-order valence-corrected chi connectivity index (χ2v) is 6.58. The predicted molar refractivity (Wildman–Crippen MR) is 97.1 cm³/mol. The predicted octanol–water partition coefficient (Wildman–Crippen LogP) is 2.76. The van der Waals surface area contributed by atoms with Gasteiger partial charge in [0.1, 0.15) is 11.5 Å². The number of hydrogen-bond donors (Lipinski definition) is 2. The molecule has 0 saturated carbocycles. The highest BCUT2D eigenvalue weighted by Gasteiger charge is 2.19. The van der Waals surface area contributed by atoms with E-state index in [1.165, 1.54) is 19.8 Å². The zero-order chi connectivity index (χ0) is 18.0. The molecule has 0 atom stereocenters. The van der Waals surface area contributed by atoms with Gasteiger partial charge in [-0.25, -0.2) is 4.98 Å². The summed E-state index contributed by atoms with van der Waals surface area (Å²) in [5.41, 5.74) is 3.50. The maximum Gasteiger partial charge on any atom is 0.268 e. The van der Waals surface area contributed by atoms with Crippen LogP contribution in [0.2, 0.25) is 0 Å². The summed E-state index contributed by atoms with van der Waals surface area (Å²) in [6.45, 7) is 7.63. The average Bonchev–Trinajstić information content (AvgIpc) is 3.21.